The molecule has 0 saturated heterocycles. The number of aromatic nitrogens is 3. The topological polar surface area (TPSA) is 145 Å². The summed E-state index contributed by atoms with van der Waals surface area (Å²) in [5.74, 6) is -1.87. The molecule has 3 aromatic rings. The van der Waals surface area contributed by atoms with Gasteiger partial charge < -0.3 is 19.5 Å². The molecule has 0 unspecified atom stereocenters. The second-order valence-electron chi connectivity index (χ2n) is 8.86. The molecule has 1 amide bonds. The van der Waals surface area contributed by atoms with Gasteiger partial charge in [-0.3, -0.25) is 4.79 Å². The number of oxazole rings is 1. The maximum absolute atomic E-state index is 15.1. The van der Waals surface area contributed by atoms with Crippen LogP contribution in [0.15, 0.2) is 32.1 Å². The quantitative estimate of drug-likeness (QED) is 0.598. The molecule has 12 heteroatoms. The van der Waals surface area contributed by atoms with Gasteiger partial charge >= 0.3 is 0 Å². The molecular weight excluding hydrogens is 453 g/mol. The first-order chi connectivity index (χ1) is 15.4. The molecule has 0 bridgehead atoms. The Balaban J connectivity index is 1.88. The summed E-state index contributed by atoms with van der Waals surface area (Å²) in [5.41, 5.74) is 5.89. The zero-order valence-electron chi connectivity index (χ0n) is 18.6. The van der Waals surface area contributed by atoms with Crippen molar-refractivity contribution in [1.29, 1.82) is 0 Å². The van der Waals surface area contributed by atoms with Crippen LogP contribution < -0.4 is 10.6 Å². The van der Waals surface area contributed by atoms with Crippen LogP contribution in [-0.2, 0) is 33.0 Å². The van der Waals surface area contributed by atoms with E-state index in [2.05, 4.69) is 15.2 Å². The van der Waals surface area contributed by atoms with E-state index in [0.29, 0.717) is 12.1 Å². The van der Waals surface area contributed by atoms with Crippen molar-refractivity contribution >= 4 is 21.4 Å². The van der Waals surface area contributed by atoms with Crippen molar-refractivity contribution in [2.24, 2.45) is 5.73 Å². The Hall–Kier alpha value is -3.12. The number of nitrogens with two attached hydrogens (primary N) is 1. The number of hydrogen-bond donors (Lipinski definition) is 1. The monoisotopic (exact) mass is 477 g/mol. The molecule has 1 aliphatic heterocycles. The Morgan fingerprint density at radius 3 is 2.61 bits per heavy atom. The van der Waals surface area contributed by atoms with Gasteiger partial charge in [0.15, 0.2) is 9.84 Å². The summed E-state index contributed by atoms with van der Waals surface area (Å²) in [6.45, 7) is 7.27. The fourth-order valence-corrected chi connectivity index (χ4v) is 4.97. The second-order valence-corrected chi connectivity index (χ2v) is 10.9. The third-order valence-corrected chi connectivity index (χ3v) is 7.00. The number of rotatable bonds is 4. The van der Waals surface area contributed by atoms with Gasteiger partial charge in [0.25, 0.3) is 5.89 Å². The molecule has 33 heavy (non-hydrogen) atoms. The lowest BCUT2D eigenvalue weighted by atomic mass is 9.97. The standard InChI is InChI=1S/C21H24FN5O5S/c1-5-11-9-31-17(24-11)8-27-15-6-12(18-25-26-20(32-18)21(2,3)4)13(22)7-16(15)33(29,30)10-14(23)19(27)28/h6-7,9,14H,5,8,10,23H2,1-4H3/t14-/m0/s1. The van der Waals surface area contributed by atoms with E-state index < -0.39 is 38.8 Å². The zero-order chi connectivity index (χ0) is 24.1. The maximum atomic E-state index is 15.1. The summed E-state index contributed by atoms with van der Waals surface area (Å²) in [6.07, 6.45) is 2.07. The third kappa shape index (κ3) is 4.27. The van der Waals surface area contributed by atoms with Gasteiger partial charge in [0.1, 0.15) is 18.6 Å². The zero-order valence-corrected chi connectivity index (χ0v) is 19.4. The van der Waals surface area contributed by atoms with Crippen molar-refractivity contribution in [2.75, 3.05) is 10.7 Å². The smallest absolute Gasteiger partial charge is 0.250 e. The average molecular weight is 478 g/mol. The lowest BCUT2D eigenvalue weighted by Crippen LogP contribution is -2.45. The highest BCUT2D eigenvalue weighted by Crippen LogP contribution is 2.37. The highest BCUT2D eigenvalue weighted by atomic mass is 32.2. The van der Waals surface area contributed by atoms with Gasteiger partial charge in [-0.05, 0) is 18.6 Å². The van der Waals surface area contributed by atoms with Crippen LogP contribution in [0.5, 0.6) is 0 Å². The van der Waals surface area contributed by atoms with E-state index in [0.717, 1.165) is 11.0 Å². The Bertz CT molecular complexity index is 1330. The van der Waals surface area contributed by atoms with E-state index in [1.165, 1.54) is 12.3 Å². The van der Waals surface area contributed by atoms with Gasteiger partial charge in [0.05, 0.1) is 33.6 Å². The lowest BCUT2D eigenvalue weighted by Gasteiger charge is -2.23. The summed E-state index contributed by atoms with van der Waals surface area (Å²) in [5, 5.41) is 7.88. The summed E-state index contributed by atoms with van der Waals surface area (Å²) in [7, 11) is -4.07. The number of anilines is 1. The molecule has 2 aromatic heterocycles. The van der Waals surface area contributed by atoms with Crippen LogP contribution in [0.3, 0.4) is 0 Å². The van der Waals surface area contributed by atoms with E-state index in [1.807, 2.05) is 27.7 Å². The number of aryl methyl sites for hydroxylation is 1. The predicted molar refractivity (Wildman–Crippen MR) is 115 cm³/mol. The van der Waals surface area contributed by atoms with Crippen molar-refractivity contribution in [1.82, 2.24) is 15.2 Å². The predicted octanol–water partition coefficient (Wildman–Crippen LogP) is 2.37. The number of fused-ring (bicyclic) bond motifs is 1. The van der Waals surface area contributed by atoms with Crippen LogP contribution in [0.4, 0.5) is 10.1 Å². The first-order valence-corrected chi connectivity index (χ1v) is 12.0. The highest BCUT2D eigenvalue weighted by molar-refractivity contribution is 7.91. The third-order valence-electron chi connectivity index (χ3n) is 5.21. The minimum Gasteiger partial charge on any atom is -0.447 e. The molecule has 0 saturated carbocycles. The van der Waals surface area contributed by atoms with Crippen molar-refractivity contribution in [3.63, 3.8) is 0 Å². The molecule has 2 N–H and O–H groups in total. The molecule has 0 radical (unpaired) electrons. The highest BCUT2D eigenvalue weighted by Gasteiger charge is 2.38. The Morgan fingerprint density at radius 1 is 1.27 bits per heavy atom. The number of nitrogens with zero attached hydrogens (tertiary/aromatic N) is 4. The van der Waals surface area contributed by atoms with E-state index in [4.69, 9.17) is 14.6 Å². The molecule has 0 aliphatic carbocycles. The normalized spacial score (nSPS) is 18.3. The van der Waals surface area contributed by atoms with Gasteiger partial charge in [0, 0.05) is 5.41 Å². The fourth-order valence-electron chi connectivity index (χ4n) is 3.40. The van der Waals surface area contributed by atoms with Gasteiger partial charge in [0.2, 0.25) is 17.7 Å². The number of sulfone groups is 1. The van der Waals surface area contributed by atoms with Crippen LogP contribution in [0.1, 0.15) is 45.2 Å². The number of benzene rings is 1. The molecule has 1 aliphatic rings. The Kier molecular flexibility index (Phi) is 5.61. The SMILES string of the molecule is CCc1coc(CN2C(=O)[C@@H](N)CS(=O)(=O)c3cc(F)c(-c4nnc(C(C)(C)C)o4)cc32)n1. The Morgan fingerprint density at radius 2 is 2.00 bits per heavy atom. The molecule has 10 nitrogen and oxygen atoms in total. The van der Waals surface area contributed by atoms with Gasteiger partial charge in [-0.25, -0.2) is 17.8 Å². The van der Waals surface area contributed by atoms with Crippen LogP contribution in [-0.4, -0.2) is 41.3 Å². The lowest BCUT2D eigenvalue weighted by molar-refractivity contribution is -0.119. The minimum absolute atomic E-state index is 0.0592. The summed E-state index contributed by atoms with van der Waals surface area (Å²) < 4.78 is 52.0. The number of amides is 1. The molecule has 4 rings (SSSR count). The van der Waals surface area contributed by atoms with Crippen LogP contribution in [0.25, 0.3) is 11.5 Å². The summed E-state index contributed by atoms with van der Waals surface area (Å²) in [6, 6.07) is 0.721. The second kappa shape index (κ2) is 8.03. The molecule has 176 valence electrons. The van der Waals surface area contributed by atoms with Crippen molar-refractivity contribution in [3.05, 3.63) is 41.7 Å². The van der Waals surface area contributed by atoms with Crippen LogP contribution in [0, 0.1) is 5.82 Å². The van der Waals surface area contributed by atoms with Crippen LogP contribution in [0.2, 0.25) is 0 Å². The van der Waals surface area contributed by atoms with Gasteiger partial charge in [-0.15, -0.1) is 10.2 Å². The van der Waals surface area contributed by atoms with Gasteiger partial charge in [-0.2, -0.15) is 0 Å². The van der Waals surface area contributed by atoms with E-state index in [9.17, 15) is 13.2 Å². The number of carbonyl (C=O) groups excluding carboxylic acids is 1. The molecule has 3 heterocycles. The van der Waals surface area contributed by atoms with E-state index >= 15 is 4.39 Å². The van der Waals surface area contributed by atoms with Gasteiger partial charge in [-0.1, -0.05) is 27.7 Å². The molecule has 0 spiro atoms. The van der Waals surface area contributed by atoms with Crippen molar-refractivity contribution in [2.45, 2.75) is 57.0 Å². The molecule has 1 aromatic carbocycles. The van der Waals surface area contributed by atoms with Crippen molar-refractivity contribution < 1.29 is 26.4 Å². The number of hydrogen-bond acceptors (Lipinski definition) is 9. The average Bonchev–Trinajstić information content (AvgIpc) is 3.39. The van der Waals surface area contributed by atoms with Crippen molar-refractivity contribution in [3.8, 4) is 11.5 Å². The van der Waals surface area contributed by atoms with E-state index in [-0.39, 0.29) is 40.4 Å². The van der Waals surface area contributed by atoms with Crippen LogP contribution >= 0.6 is 0 Å². The first-order valence-electron chi connectivity index (χ1n) is 10.3. The fraction of sp³-hybridized carbons (Fsp3) is 0.429. The summed E-state index contributed by atoms with van der Waals surface area (Å²) in [4.78, 5) is 18.1. The largest absolute Gasteiger partial charge is 0.447 e. The minimum atomic E-state index is -4.07. The number of carbonyl (C=O) groups is 1. The maximum Gasteiger partial charge on any atom is 0.250 e. The summed E-state index contributed by atoms with van der Waals surface area (Å²) >= 11 is 0. The first kappa shape index (κ1) is 23.1. The molecule has 1 atom stereocenters. The molecule has 0 fully saturated rings. The number of halogens is 1. The molecular formula is C21H24FN5O5S. The Labute approximate surface area is 189 Å². The van der Waals surface area contributed by atoms with E-state index in [1.54, 1.807) is 0 Å².